The quantitative estimate of drug-likeness (QED) is 0.159. The number of rotatable bonds is 6. The number of nitrogens with two attached hydrogens (primary N) is 1. The summed E-state index contributed by atoms with van der Waals surface area (Å²) in [5.74, 6) is 0.324. The van der Waals surface area contributed by atoms with Gasteiger partial charge in [0.15, 0.2) is 5.11 Å². The van der Waals surface area contributed by atoms with Crippen LogP contribution >= 0.6 is 47.6 Å². The van der Waals surface area contributed by atoms with Gasteiger partial charge in [-0.05, 0) is 69.9 Å². The number of carbonyl (C=O) groups excluding carboxylic acids is 1. The molecule has 0 aliphatic heterocycles. The summed E-state index contributed by atoms with van der Waals surface area (Å²) in [6, 6.07) is 22.8. The number of ether oxygens (including phenoxy) is 1. The second-order valence-electron chi connectivity index (χ2n) is 10.5. The molecule has 0 bridgehead atoms. The molecular weight excluding hydrogens is 903 g/mol. The zero-order chi connectivity index (χ0) is 34.2. The number of hydrogen-bond acceptors (Lipinski definition) is 8. The second kappa shape index (κ2) is 17.7. The van der Waals surface area contributed by atoms with Crippen LogP contribution in [0.3, 0.4) is 0 Å². The molecule has 2 aromatic carbocycles. The molecule has 0 radical (unpaired) electrons. The smallest absolute Gasteiger partial charge is 0.413 e. The van der Waals surface area contributed by atoms with Crippen LogP contribution in [0.2, 0.25) is 10.3 Å². The molecule has 0 saturated carbocycles. The van der Waals surface area contributed by atoms with Crippen molar-refractivity contribution in [1.82, 2.24) is 15.3 Å². The number of amides is 1. The molecule has 2 aromatic heterocycles. The van der Waals surface area contributed by atoms with E-state index in [0.717, 1.165) is 27.8 Å². The Bertz CT molecular complexity index is 2010. The maximum absolute atomic E-state index is 12.8. The van der Waals surface area contributed by atoms with Gasteiger partial charge in [0, 0.05) is 51.9 Å². The van der Waals surface area contributed by atoms with Gasteiger partial charge in [0.25, 0.3) is 0 Å². The van der Waals surface area contributed by atoms with E-state index >= 15 is 0 Å². The van der Waals surface area contributed by atoms with Crippen molar-refractivity contribution in [3.05, 3.63) is 118 Å². The van der Waals surface area contributed by atoms with Gasteiger partial charge in [-0.2, -0.15) is 8.73 Å². The van der Waals surface area contributed by atoms with Crippen LogP contribution in [0.25, 0.3) is 11.1 Å². The Labute approximate surface area is 315 Å². The molecule has 1 aliphatic rings. The number of carbonyl (C=O) groups is 1. The summed E-state index contributed by atoms with van der Waals surface area (Å²) in [5.41, 5.74) is 11.2. The Morgan fingerprint density at radius 1 is 0.833 bits per heavy atom. The maximum atomic E-state index is 12.8. The zero-order valence-corrected chi connectivity index (χ0v) is 33.3. The molecule has 1 aliphatic carbocycles. The third-order valence-electron chi connectivity index (χ3n) is 6.56. The van der Waals surface area contributed by atoms with Crippen LogP contribution in [0, 0.1) is 0 Å². The van der Waals surface area contributed by atoms with E-state index in [1.54, 1.807) is 30.5 Å². The fraction of sp³-hybridized carbons (Fsp3) is 0.194. The average Bonchev–Trinajstić information content (AvgIpc) is 3.31. The first-order chi connectivity index (χ1) is 22.2. The normalized spacial score (nSPS) is 13.8. The van der Waals surface area contributed by atoms with Crippen molar-refractivity contribution in [3.63, 3.8) is 0 Å². The van der Waals surface area contributed by atoms with Crippen molar-refractivity contribution in [2.75, 3.05) is 19.1 Å². The molecule has 2 atom stereocenters. The summed E-state index contributed by atoms with van der Waals surface area (Å²) in [5, 5.41) is 2.86. The molecular formula is C31H30Cl2N6O4S4W. The minimum atomic E-state index is -2.72. The van der Waals surface area contributed by atoms with Crippen molar-refractivity contribution in [2.45, 2.75) is 17.4 Å². The van der Waals surface area contributed by atoms with E-state index in [-0.39, 0.29) is 55.3 Å². The molecule has 10 nitrogen and oxygen atoms in total. The minimum Gasteiger partial charge on any atom is -0.448 e. The molecule has 48 heavy (non-hydrogen) atoms. The number of thiocarbonyl (C=S) groups is 2. The Balaban J connectivity index is 0.000000330. The van der Waals surface area contributed by atoms with E-state index in [9.17, 15) is 13.2 Å². The number of nitrogens with one attached hydrogen (secondary N) is 1. The Hall–Kier alpha value is -2.84. The Morgan fingerprint density at radius 2 is 1.29 bits per heavy atom. The summed E-state index contributed by atoms with van der Waals surface area (Å²) in [6.07, 6.45) is 5.32. The molecule has 4 aromatic rings. The molecule has 0 spiro atoms. The van der Waals surface area contributed by atoms with Crippen LogP contribution < -0.4 is 11.1 Å². The van der Waals surface area contributed by atoms with E-state index in [4.69, 9.17) is 45.9 Å². The molecule has 1 amide bonds. The van der Waals surface area contributed by atoms with Gasteiger partial charge in [0.05, 0.1) is 31.0 Å². The van der Waals surface area contributed by atoms with E-state index in [1.807, 2.05) is 36.4 Å². The standard InChI is InChI=1S/C23H20ClN3O3S2.C8H10ClN3OS2.W/c1-32(29,14-15-10-11-21(24)25-12-15)27-22(31)26-23(28)30-13-20-18-8-4-2-6-16(18)17-7-3-5-9-19(17)20;1-15(13,12-8(10)14)5-6-2-3-7(9)11-4-6;/h2-12,20H,13-14H2,1H3,(H,26,28,31);2-4H,5H2,1H3,(H2,10,14);. The van der Waals surface area contributed by atoms with Crippen LogP contribution in [0.1, 0.15) is 28.2 Å². The van der Waals surface area contributed by atoms with Crippen molar-refractivity contribution >= 4 is 83.4 Å². The third kappa shape index (κ3) is 11.9. The monoisotopic (exact) mass is 932 g/mol. The first-order valence-corrected chi connectivity index (χ1v) is 19.5. The molecule has 252 valence electrons. The van der Waals surface area contributed by atoms with Crippen molar-refractivity contribution in [1.29, 1.82) is 0 Å². The van der Waals surface area contributed by atoms with Gasteiger partial charge in [-0.25, -0.2) is 23.2 Å². The largest absolute Gasteiger partial charge is 0.448 e. The van der Waals surface area contributed by atoms with Crippen LogP contribution in [0.5, 0.6) is 0 Å². The Morgan fingerprint density at radius 3 is 1.73 bits per heavy atom. The molecule has 5 rings (SSSR count). The number of benzene rings is 2. The third-order valence-corrected chi connectivity index (χ3v) is 10.4. The number of halogens is 2. The summed E-state index contributed by atoms with van der Waals surface area (Å²) in [7, 11) is -5.14. The summed E-state index contributed by atoms with van der Waals surface area (Å²) < 4.78 is 37.8. The van der Waals surface area contributed by atoms with E-state index in [2.05, 4.69) is 48.4 Å². The number of hydrogen-bond donors (Lipinski definition) is 2. The SMILES string of the molecule is CS(=O)(Cc1ccc(Cl)nc1)=NC(=S)NC(=O)OCC1c2ccccc2-c2ccccc21.CS(=O)(Cc1ccc(Cl)nc1)=NC(N)=S.[W]. The zero-order valence-electron chi connectivity index (χ0n) is 25.6. The van der Waals surface area contributed by atoms with Crippen LogP contribution in [-0.2, 0) is 56.8 Å². The molecule has 2 heterocycles. The number of aromatic nitrogens is 2. The average molecular weight is 934 g/mol. The van der Waals surface area contributed by atoms with Crippen LogP contribution in [-0.4, -0.2) is 53.8 Å². The summed E-state index contributed by atoms with van der Waals surface area (Å²) in [4.78, 5) is 20.2. The van der Waals surface area contributed by atoms with Crippen molar-refractivity contribution in [3.8, 4) is 11.1 Å². The maximum Gasteiger partial charge on any atom is 0.413 e. The van der Waals surface area contributed by atoms with Gasteiger partial charge >= 0.3 is 6.09 Å². The molecule has 2 unspecified atom stereocenters. The van der Waals surface area contributed by atoms with Crippen LogP contribution in [0.4, 0.5) is 4.79 Å². The van der Waals surface area contributed by atoms with Gasteiger partial charge in [0.2, 0.25) is 5.11 Å². The van der Waals surface area contributed by atoms with Gasteiger partial charge in [-0.1, -0.05) is 83.9 Å². The van der Waals surface area contributed by atoms with Crippen molar-refractivity contribution < 1.29 is 39.0 Å². The number of pyridine rings is 2. The summed E-state index contributed by atoms with van der Waals surface area (Å²) >= 11 is 21.1. The van der Waals surface area contributed by atoms with E-state index < -0.39 is 25.6 Å². The molecule has 3 N–H and O–H groups in total. The molecule has 0 fully saturated rings. The summed E-state index contributed by atoms with van der Waals surface area (Å²) in [6.45, 7) is 0.153. The fourth-order valence-corrected chi connectivity index (χ4v) is 8.51. The molecule has 0 saturated heterocycles. The number of nitrogens with zero attached hydrogens (tertiary/aromatic N) is 4. The van der Waals surface area contributed by atoms with Gasteiger partial charge < -0.3 is 10.5 Å². The van der Waals surface area contributed by atoms with Crippen molar-refractivity contribution in [2.24, 2.45) is 14.5 Å². The fourth-order valence-electron chi connectivity index (χ4n) is 4.78. The van der Waals surface area contributed by atoms with Crippen LogP contribution in [0.15, 0.2) is 93.9 Å². The Kier molecular flexibility index (Phi) is 14.6. The predicted octanol–water partition coefficient (Wildman–Crippen LogP) is 6.73. The number of fused-ring (bicyclic) bond motifs is 3. The predicted molar refractivity (Wildman–Crippen MR) is 196 cm³/mol. The van der Waals surface area contributed by atoms with E-state index in [0.29, 0.717) is 15.9 Å². The minimum absolute atomic E-state index is 0. The van der Waals surface area contributed by atoms with Gasteiger partial charge in [-0.15, -0.1) is 0 Å². The topological polar surface area (TPSA) is 149 Å². The van der Waals surface area contributed by atoms with Gasteiger partial charge in [-0.3, -0.25) is 5.32 Å². The first kappa shape index (κ1) is 39.6. The van der Waals surface area contributed by atoms with Gasteiger partial charge in [0.1, 0.15) is 16.9 Å². The molecule has 17 heteroatoms. The first-order valence-electron chi connectivity index (χ1n) is 13.8. The number of alkyl carbamates (subject to hydrolysis) is 1. The second-order valence-corrected chi connectivity index (χ2v) is 16.8. The van der Waals surface area contributed by atoms with E-state index in [1.165, 1.54) is 18.7 Å².